The quantitative estimate of drug-likeness (QED) is 0.200. The highest BCUT2D eigenvalue weighted by atomic mass is 19.4. The first-order valence-electron chi connectivity index (χ1n) is 15.3. The maximum absolute atomic E-state index is 14.4. The first-order chi connectivity index (χ1) is 21.7. The first-order valence-corrected chi connectivity index (χ1v) is 15.3. The van der Waals surface area contributed by atoms with Crippen molar-refractivity contribution < 1.29 is 37.3 Å². The third kappa shape index (κ3) is 6.10. The number of fused-ring (bicyclic) bond motifs is 2. The smallest absolute Gasteiger partial charge is 0.417 e. The Kier molecular flexibility index (Phi) is 8.13. The molecule has 2 aliphatic rings. The second kappa shape index (κ2) is 11.8. The third-order valence-corrected chi connectivity index (χ3v) is 8.82. The molecule has 0 saturated carbocycles. The monoisotopic (exact) mass is 634 g/mol. The lowest BCUT2D eigenvalue weighted by Gasteiger charge is -2.20. The predicted octanol–water partition coefficient (Wildman–Crippen LogP) is 7.73. The molecule has 1 aliphatic heterocycles. The minimum Gasteiger partial charge on any atom is -0.492 e. The van der Waals surface area contributed by atoms with Crippen LogP contribution in [-0.4, -0.2) is 40.2 Å². The molecule has 2 heterocycles. The summed E-state index contributed by atoms with van der Waals surface area (Å²) in [6.07, 6.45) is -3.77. The Balaban J connectivity index is 1.30. The SMILES string of the molecule is COC(=O)CC1COc2cc(O[C@@H]3CCc4c3ccc(C(F)(F)F)c4-c3ccc(-c4c(C)nn(CC(C)(C)O)c4C)cc3)ccc21. The van der Waals surface area contributed by atoms with Crippen molar-refractivity contribution in [3.8, 4) is 33.8 Å². The number of nitrogens with zero attached hydrogens (tertiary/aromatic N) is 2. The van der Waals surface area contributed by atoms with E-state index < -0.39 is 23.4 Å². The molecule has 3 aromatic carbocycles. The number of rotatable bonds is 8. The van der Waals surface area contributed by atoms with E-state index in [-0.39, 0.29) is 23.9 Å². The fourth-order valence-corrected chi connectivity index (χ4v) is 6.74. The zero-order valence-electron chi connectivity index (χ0n) is 26.5. The van der Waals surface area contributed by atoms with Crippen LogP contribution in [-0.2, 0) is 28.7 Å². The van der Waals surface area contributed by atoms with Crippen LogP contribution in [0.1, 0.15) is 72.4 Å². The van der Waals surface area contributed by atoms with Crippen molar-refractivity contribution in [1.29, 1.82) is 0 Å². The van der Waals surface area contributed by atoms with Crippen molar-refractivity contribution in [2.75, 3.05) is 13.7 Å². The van der Waals surface area contributed by atoms with Crippen LogP contribution >= 0.6 is 0 Å². The van der Waals surface area contributed by atoms with Crippen molar-refractivity contribution >= 4 is 5.97 Å². The third-order valence-electron chi connectivity index (χ3n) is 8.82. The minimum absolute atomic E-state index is 0.102. The zero-order valence-corrected chi connectivity index (χ0v) is 26.5. The lowest BCUT2D eigenvalue weighted by atomic mass is 9.90. The van der Waals surface area contributed by atoms with Crippen LogP contribution in [0, 0.1) is 13.8 Å². The van der Waals surface area contributed by atoms with Crippen LogP contribution < -0.4 is 9.47 Å². The van der Waals surface area contributed by atoms with E-state index in [4.69, 9.17) is 14.2 Å². The molecular formula is C36H37F3N2O5. The van der Waals surface area contributed by atoms with Gasteiger partial charge >= 0.3 is 12.1 Å². The summed E-state index contributed by atoms with van der Waals surface area (Å²) >= 11 is 0. The summed E-state index contributed by atoms with van der Waals surface area (Å²) in [5.41, 5.74) is 4.70. The average molecular weight is 635 g/mol. The molecule has 7 nitrogen and oxygen atoms in total. The fraction of sp³-hybridized carbons (Fsp3) is 0.389. The number of carbonyl (C=O) groups is 1. The molecular weight excluding hydrogens is 597 g/mol. The van der Waals surface area contributed by atoms with Gasteiger partial charge in [0.2, 0.25) is 0 Å². The van der Waals surface area contributed by atoms with Crippen LogP contribution in [0.4, 0.5) is 13.2 Å². The summed E-state index contributed by atoms with van der Waals surface area (Å²) < 4.78 is 61.9. The number of alkyl halides is 3. The Morgan fingerprint density at radius 1 is 1.02 bits per heavy atom. The van der Waals surface area contributed by atoms with E-state index in [1.54, 1.807) is 36.7 Å². The molecule has 4 aromatic rings. The van der Waals surface area contributed by atoms with Gasteiger partial charge in [0.15, 0.2) is 0 Å². The van der Waals surface area contributed by atoms with Gasteiger partial charge in [-0.25, -0.2) is 0 Å². The van der Waals surface area contributed by atoms with Crippen molar-refractivity contribution in [2.24, 2.45) is 0 Å². The van der Waals surface area contributed by atoms with E-state index in [1.807, 2.05) is 38.1 Å². The molecule has 0 spiro atoms. The van der Waals surface area contributed by atoms with Gasteiger partial charge in [-0.3, -0.25) is 9.48 Å². The normalized spacial score (nSPS) is 17.4. The van der Waals surface area contributed by atoms with Gasteiger partial charge < -0.3 is 19.3 Å². The second-order valence-electron chi connectivity index (χ2n) is 12.8. The Morgan fingerprint density at radius 2 is 1.70 bits per heavy atom. The van der Waals surface area contributed by atoms with Gasteiger partial charge in [0.05, 0.1) is 43.5 Å². The lowest BCUT2D eigenvalue weighted by Crippen LogP contribution is -2.27. The molecule has 1 N–H and O–H groups in total. The van der Waals surface area contributed by atoms with Gasteiger partial charge in [-0.2, -0.15) is 18.3 Å². The number of methoxy groups -OCH3 is 1. The van der Waals surface area contributed by atoms with Gasteiger partial charge in [-0.05, 0) is 80.5 Å². The highest BCUT2D eigenvalue weighted by molar-refractivity contribution is 5.78. The van der Waals surface area contributed by atoms with E-state index in [1.165, 1.54) is 13.2 Å². The number of hydrogen-bond donors (Lipinski definition) is 1. The van der Waals surface area contributed by atoms with Crippen molar-refractivity contribution in [3.05, 3.63) is 88.2 Å². The molecule has 0 radical (unpaired) electrons. The fourth-order valence-electron chi connectivity index (χ4n) is 6.74. The number of halogens is 3. The number of aryl methyl sites for hydroxylation is 1. The maximum Gasteiger partial charge on any atom is 0.417 e. The largest absolute Gasteiger partial charge is 0.492 e. The minimum atomic E-state index is -4.54. The first kappa shape index (κ1) is 31.7. The number of aromatic nitrogens is 2. The van der Waals surface area contributed by atoms with Gasteiger partial charge in [-0.15, -0.1) is 0 Å². The van der Waals surface area contributed by atoms with Crippen molar-refractivity contribution in [2.45, 2.75) is 77.3 Å². The number of carbonyl (C=O) groups excluding carboxylic acids is 1. The zero-order chi connectivity index (χ0) is 33.0. The molecule has 1 aliphatic carbocycles. The van der Waals surface area contributed by atoms with Gasteiger partial charge in [-0.1, -0.05) is 36.4 Å². The molecule has 0 fully saturated rings. The van der Waals surface area contributed by atoms with Gasteiger partial charge in [0.25, 0.3) is 0 Å². The van der Waals surface area contributed by atoms with Gasteiger partial charge in [0.1, 0.15) is 17.6 Å². The van der Waals surface area contributed by atoms with E-state index in [0.29, 0.717) is 48.6 Å². The summed E-state index contributed by atoms with van der Waals surface area (Å²) in [6.45, 7) is 7.93. The van der Waals surface area contributed by atoms with Crippen molar-refractivity contribution in [1.82, 2.24) is 9.78 Å². The Hall–Kier alpha value is -4.31. The second-order valence-corrected chi connectivity index (χ2v) is 12.8. The maximum atomic E-state index is 14.4. The molecule has 0 saturated heterocycles. The summed E-state index contributed by atoms with van der Waals surface area (Å²) in [5, 5.41) is 14.9. The van der Waals surface area contributed by atoms with Crippen LogP contribution in [0.25, 0.3) is 22.3 Å². The predicted molar refractivity (Wildman–Crippen MR) is 167 cm³/mol. The highest BCUT2D eigenvalue weighted by Gasteiger charge is 2.38. The summed E-state index contributed by atoms with van der Waals surface area (Å²) in [7, 11) is 1.35. The molecule has 242 valence electrons. The number of ether oxygens (including phenoxy) is 3. The van der Waals surface area contributed by atoms with Crippen LogP contribution in [0.3, 0.4) is 0 Å². The Bertz CT molecular complexity index is 1790. The topological polar surface area (TPSA) is 82.8 Å². The van der Waals surface area contributed by atoms with Gasteiger partial charge in [0, 0.05) is 28.8 Å². The van der Waals surface area contributed by atoms with E-state index >= 15 is 0 Å². The molecule has 46 heavy (non-hydrogen) atoms. The average Bonchev–Trinajstić information content (AvgIpc) is 3.66. The molecule has 2 atom stereocenters. The number of esters is 1. The molecule has 1 unspecified atom stereocenters. The van der Waals surface area contributed by atoms with E-state index in [2.05, 4.69) is 5.10 Å². The summed E-state index contributed by atoms with van der Waals surface area (Å²) in [5.74, 6) is 0.776. The summed E-state index contributed by atoms with van der Waals surface area (Å²) in [6, 6.07) is 15.3. The molecule has 1 aromatic heterocycles. The summed E-state index contributed by atoms with van der Waals surface area (Å²) in [4.78, 5) is 11.8. The highest BCUT2D eigenvalue weighted by Crippen LogP contribution is 2.47. The van der Waals surface area contributed by atoms with Crippen LogP contribution in [0.2, 0.25) is 0 Å². The Labute approximate surface area is 265 Å². The number of hydrogen-bond acceptors (Lipinski definition) is 6. The van der Waals surface area contributed by atoms with E-state index in [9.17, 15) is 23.1 Å². The molecule has 6 rings (SSSR count). The van der Waals surface area contributed by atoms with Crippen molar-refractivity contribution in [3.63, 3.8) is 0 Å². The number of benzene rings is 3. The number of aliphatic hydroxyl groups is 1. The lowest BCUT2D eigenvalue weighted by molar-refractivity contribution is -0.141. The Morgan fingerprint density at radius 3 is 2.35 bits per heavy atom. The van der Waals surface area contributed by atoms with Crippen LogP contribution in [0.15, 0.2) is 54.6 Å². The molecule has 0 bridgehead atoms. The van der Waals surface area contributed by atoms with Crippen LogP contribution in [0.5, 0.6) is 11.5 Å². The standard InChI is InChI=1S/C36H37F3N2O5/c1-20-33(21(2)41(40-20)19-35(3,4)43)22-6-8-23(9-7-22)34-28-13-15-30(27(28)12-14-29(34)36(37,38)39)46-25-10-11-26-24(16-32(42)44-5)18-45-31(26)17-25/h6-12,14,17,24,30,43H,13,15-16,18-19H2,1-5H3/t24?,30-/m1/s1. The van der Waals surface area contributed by atoms with E-state index in [0.717, 1.165) is 39.7 Å². The molecule has 10 heteroatoms. The molecule has 0 amide bonds.